The zero-order chi connectivity index (χ0) is 39.5. The van der Waals surface area contributed by atoms with Gasteiger partial charge in [-0.25, -0.2) is 14.6 Å². The summed E-state index contributed by atoms with van der Waals surface area (Å²) in [6.07, 6.45) is -2.29. The lowest BCUT2D eigenvalue weighted by molar-refractivity contribution is -0.159. The van der Waals surface area contributed by atoms with Crippen molar-refractivity contribution in [1.82, 2.24) is 29.9 Å². The maximum Gasteiger partial charge on any atom is 0.433 e. The monoisotopic (exact) mass is 776 g/mol. The van der Waals surface area contributed by atoms with Gasteiger partial charge in [0.05, 0.1) is 23.6 Å². The highest BCUT2D eigenvalue weighted by Crippen LogP contribution is 2.57. The number of likely N-dealkylation sites (tertiary alicyclic amines) is 1. The molecule has 2 saturated heterocycles. The van der Waals surface area contributed by atoms with E-state index in [2.05, 4.69) is 25.6 Å². The number of aromatic nitrogens is 3. The van der Waals surface area contributed by atoms with Gasteiger partial charge in [-0.3, -0.25) is 19.8 Å². The number of benzene rings is 2. The van der Waals surface area contributed by atoms with Crippen molar-refractivity contribution < 1.29 is 43.2 Å². The molecule has 296 valence electrons. The molecule has 17 heteroatoms. The minimum absolute atomic E-state index is 0.0686. The van der Waals surface area contributed by atoms with E-state index in [-0.39, 0.29) is 16.8 Å². The molecule has 14 nitrogen and oxygen atoms in total. The van der Waals surface area contributed by atoms with Crippen molar-refractivity contribution in [2.75, 3.05) is 18.4 Å². The van der Waals surface area contributed by atoms with E-state index in [1.807, 2.05) is 42.5 Å². The predicted octanol–water partition coefficient (Wildman–Crippen LogP) is 3.48. The Labute approximate surface area is 319 Å². The summed E-state index contributed by atoms with van der Waals surface area (Å²) >= 11 is 0. The molecule has 4 aliphatic rings. The van der Waals surface area contributed by atoms with Crippen LogP contribution in [0.1, 0.15) is 106 Å². The Kier molecular flexibility index (Phi) is 9.97. The number of rotatable bonds is 8. The number of aliphatic hydroxyl groups is 4. The van der Waals surface area contributed by atoms with Crippen LogP contribution in [-0.2, 0) is 12.7 Å². The van der Waals surface area contributed by atoms with Crippen molar-refractivity contribution in [3.05, 3.63) is 106 Å². The summed E-state index contributed by atoms with van der Waals surface area (Å²) in [6.45, 7) is 2.62. The number of amides is 2. The Morgan fingerprint density at radius 3 is 2.34 bits per heavy atom. The summed E-state index contributed by atoms with van der Waals surface area (Å²) in [5.74, 6) is -1.52. The zero-order valence-electron chi connectivity index (χ0n) is 30.2. The van der Waals surface area contributed by atoms with E-state index in [4.69, 9.17) is 5.73 Å². The van der Waals surface area contributed by atoms with E-state index >= 15 is 0 Å². The molecule has 2 aromatic heterocycles. The van der Waals surface area contributed by atoms with Gasteiger partial charge in [-0.1, -0.05) is 36.4 Å². The van der Waals surface area contributed by atoms with Crippen molar-refractivity contribution in [3.63, 3.8) is 0 Å². The molecule has 2 aromatic carbocycles. The van der Waals surface area contributed by atoms with E-state index < -0.39 is 60.3 Å². The number of primary amides is 1. The number of halogens is 3. The van der Waals surface area contributed by atoms with Crippen LogP contribution in [-0.4, -0.2) is 88.4 Å². The van der Waals surface area contributed by atoms with Crippen LogP contribution in [0.15, 0.2) is 66.9 Å². The number of aliphatic hydroxyl groups excluding tert-OH is 4. The largest absolute Gasteiger partial charge is 0.433 e. The quantitative estimate of drug-likeness (QED) is 0.138. The van der Waals surface area contributed by atoms with Gasteiger partial charge in [0.2, 0.25) is 0 Å². The molecule has 3 aliphatic heterocycles. The fraction of sp³-hybridized carbons (Fsp3) is 0.436. The maximum absolute atomic E-state index is 13.1. The van der Waals surface area contributed by atoms with Gasteiger partial charge in [-0.15, -0.1) is 0 Å². The van der Waals surface area contributed by atoms with Crippen molar-refractivity contribution in [2.45, 2.75) is 88.1 Å². The molecule has 56 heavy (non-hydrogen) atoms. The lowest BCUT2D eigenvalue weighted by atomic mass is 9.56. The third-order valence-corrected chi connectivity index (χ3v) is 11.9. The molecule has 5 heterocycles. The molecular weight excluding hydrogens is 733 g/mol. The van der Waals surface area contributed by atoms with Crippen LogP contribution in [0.2, 0.25) is 0 Å². The molecule has 2 amide bonds. The van der Waals surface area contributed by atoms with Crippen LogP contribution in [0.4, 0.5) is 18.9 Å². The summed E-state index contributed by atoms with van der Waals surface area (Å²) < 4.78 is 40.7. The number of hydrogen-bond acceptors (Lipinski definition) is 11. The lowest BCUT2D eigenvalue weighted by Gasteiger charge is -2.52. The van der Waals surface area contributed by atoms with Gasteiger partial charge in [0.25, 0.3) is 11.8 Å². The van der Waals surface area contributed by atoms with E-state index in [0.717, 1.165) is 74.6 Å². The summed E-state index contributed by atoms with van der Waals surface area (Å²) in [5.41, 5.74) is 7.81. The fourth-order valence-electron chi connectivity index (χ4n) is 8.83. The molecule has 1 aliphatic carbocycles. The first kappa shape index (κ1) is 38.1. The second-order valence-corrected chi connectivity index (χ2v) is 15.5. The second kappa shape index (κ2) is 14.6. The smallest absolute Gasteiger partial charge is 0.379 e. The Hall–Kier alpha value is -4.75. The molecule has 1 spiro atoms. The van der Waals surface area contributed by atoms with Crippen LogP contribution in [0, 0.1) is 5.41 Å². The standard InChI is InChI=1S/C39H43F3N8O6/c40-39(41,42)30-3-1-2-27(44-30)34(53)45-28-20-49(47-32(28)33(43)52)24-7-4-21(5-8-24)19-48-14-12-38(13-15-48)17-23(18-38)22-6-9-25-26(16-22)37(56)50(36(25)55)29-10-11-31(51)46-35(29)54/h1-9,16,20,23,29,31,35-37,46,51,54-56H,10-15,17-19H2,(H2,43,52)(H,45,53). The number of pyridine rings is 1. The molecule has 0 radical (unpaired) electrons. The third kappa shape index (κ3) is 7.31. The third-order valence-electron chi connectivity index (χ3n) is 11.9. The Morgan fingerprint density at radius 2 is 1.66 bits per heavy atom. The van der Waals surface area contributed by atoms with E-state index in [1.54, 1.807) is 0 Å². The van der Waals surface area contributed by atoms with Gasteiger partial charge in [0.15, 0.2) is 5.69 Å². The molecule has 8 rings (SSSR count). The number of alkyl halides is 3. The van der Waals surface area contributed by atoms with Crippen LogP contribution >= 0.6 is 0 Å². The number of hydrogen-bond donors (Lipinski definition) is 7. The predicted molar refractivity (Wildman–Crippen MR) is 195 cm³/mol. The minimum atomic E-state index is -4.73. The number of nitrogens with zero attached hydrogens (tertiary/aromatic N) is 5. The maximum atomic E-state index is 13.1. The van der Waals surface area contributed by atoms with Gasteiger partial charge in [0, 0.05) is 17.7 Å². The first-order valence-corrected chi connectivity index (χ1v) is 18.6. The molecule has 3 fully saturated rings. The SMILES string of the molecule is NC(=O)c1nn(-c2ccc(CN3CCC4(CC3)CC(c3ccc5c(c3)C(O)N(C3CCC(O)NC3O)C5O)C4)cc2)cc1NC(=O)c1cccc(C(F)(F)F)n1. The minimum Gasteiger partial charge on any atom is -0.379 e. The topological polar surface area (TPSA) is 202 Å². The molecule has 1 saturated carbocycles. The summed E-state index contributed by atoms with van der Waals surface area (Å²) in [4.78, 5) is 32.2. The number of carbonyl (C=O) groups excluding carboxylic acids is 2. The van der Waals surface area contributed by atoms with E-state index in [1.165, 1.54) is 15.8 Å². The molecule has 4 aromatic rings. The number of anilines is 1. The molecule has 8 N–H and O–H groups in total. The zero-order valence-corrected chi connectivity index (χ0v) is 30.2. The van der Waals surface area contributed by atoms with Gasteiger partial charge in [-0.2, -0.15) is 18.3 Å². The Bertz CT molecular complexity index is 2110. The number of nitrogens with two attached hydrogens (primary N) is 1. The molecule has 5 unspecified atom stereocenters. The van der Waals surface area contributed by atoms with Crippen molar-refractivity contribution in [2.24, 2.45) is 11.1 Å². The number of nitrogens with one attached hydrogen (secondary N) is 2. The van der Waals surface area contributed by atoms with Crippen LogP contribution in [0.3, 0.4) is 0 Å². The normalized spacial score (nSPS) is 25.5. The van der Waals surface area contributed by atoms with Gasteiger partial charge in [-0.05, 0) is 98.3 Å². The first-order chi connectivity index (χ1) is 26.7. The van der Waals surface area contributed by atoms with E-state index in [0.29, 0.717) is 35.6 Å². The van der Waals surface area contributed by atoms with Gasteiger partial charge < -0.3 is 31.5 Å². The average molecular weight is 777 g/mol. The van der Waals surface area contributed by atoms with Crippen LogP contribution < -0.4 is 16.4 Å². The number of carbonyl (C=O) groups is 2. The average Bonchev–Trinajstić information content (AvgIpc) is 3.69. The lowest BCUT2D eigenvalue weighted by Crippen LogP contribution is -2.57. The van der Waals surface area contributed by atoms with Crippen molar-refractivity contribution in [1.29, 1.82) is 0 Å². The second-order valence-electron chi connectivity index (χ2n) is 15.5. The summed E-state index contributed by atoms with van der Waals surface area (Å²) in [5, 5.41) is 51.9. The van der Waals surface area contributed by atoms with Crippen LogP contribution in [0.25, 0.3) is 5.69 Å². The Morgan fingerprint density at radius 1 is 0.946 bits per heavy atom. The number of piperidine rings is 2. The van der Waals surface area contributed by atoms with Gasteiger partial charge in [0.1, 0.15) is 36.3 Å². The van der Waals surface area contributed by atoms with Gasteiger partial charge >= 0.3 is 6.18 Å². The van der Waals surface area contributed by atoms with Crippen LogP contribution in [0.5, 0.6) is 0 Å². The highest BCUT2D eigenvalue weighted by Gasteiger charge is 2.48. The first-order valence-electron chi connectivity index (χ1n) is 18.6. The highest BCUT2D eigenvalue weighted by atomic mass is 19.4. The fourth-order valence-corrected chi connectivity index (χ4v) is 8.83. The van der Waals surface area contributed by atoms with E-state index in [9.17, 15) is 43.2 Å². The van der Waals surface area contributed by atoms with Crippen molar-refractivity contribution >= 4 is 17.5 Å². The highest BCUT2D eigenvalue weighted by molar-refractivity contribution is 6.07. The molecule has 5 atom stereocenters. The summed E-state index contributed by atoms with van der Waals surface area (Å²) in [6, 6.07) is 15.9. The molecular formula is C39H43F3N8O6. The number of fused-ring (bicyclic) bond motifs is 1. The van der Waals surface area contributed by atoms with Crippen molar-refractivity contribution in [3.8, 4) is 5.69 Å². The Balaban J connectivity index is 0.851. The molecule has 0 bridgehead atoms. The summed E-state index contributed by atoms with van der Waals surface area (Å²) in [7, 11) is 0.